The fraction of sp³-hybridized carbons (Fsp3) is 0.367. The van der Waals surface area contributed by atoms with E-state index in [0.29, 0.717) is 27.6 Å². The number of rotatable bonds is 8. The molecule has 0 bridgehead atoms. The number of halogens is 1. The van der Waals surface area contributed by atoms with Crippen LogP contribution in [0.1, 0.15) is 55.1 Å². The molecule has 1 saturated heterocycles. The molecule has 0 saturated carbocycles. The van der Waals surface area contributed by atoms with Gasteiger partial charge in [-0.25, -0.2) is 9.59 Å². The summed E-state index contributed by atoms with van der Waals surface area (Å²) in [6.07, 6.45) is 0.440. The van der Waals surface area contributed by atoms with Crippen LogP contribution in [0.25, 0.3) is 0 Å². The Morgan fingerprint density at radius 3 is 2.57 bits per heavy atom. The van der Waals surface area contributed by atoms with E-state index in [9.17, 15) is 24.0 Å². The third-order valence-electron chi connectivity index (χ3n) is 6.72. The van der Waals surface area contributed by atoms with Crippen molar-refractivity contribution in [2.24, 2.45) is 0 Å². The number of fused-ring (bicyclic) bond motifs is 1. The van der Waals surface area contributed by atoms with Crippen molar-refractivity contribution in [2.45, 2.75) is 58.3 Å². The van der Waals surface area contributed by atoms with Gasteiger partial charge < -0.3 is 19.7 Å². The van der Waals surface area contributed by atoms with Crippen molar-refractivity contribution in [1.82, 2.24) is 15.5 Å². The Kier molecular flexibility index (Phi) is 8.91. The quantitative estimate of drug-likeness (QED) is 0.269. The molecule has 2 heterocycles. The summed E-state index contributed by atoms with van der Waals surface area (Å²) in [4.78, 5) is 65.7. The number of amides is 5. The maximum Gasteiger partial charge on any atom is 0.335 e. The first-order chi connectivity index (χ1) is 19.8. The van der Waals surface area contributed by atoms with Crippen LogP contribution in [0.4, 0.5) is 10.5 Å². The molecule has 0 aromatic heterocycles. The number of nitrogens with one attached hydrogen (secondary N) is 2. The molecule has 42 heavy (non-hydrogen) atoms. The molecule has 222 valence electrons. The Labute approximate surface area is 248 Å². The van der Waals surface area contributed by atoms with E-state index in [1.807, 2.05) is 0 Å². The molecule has 2 aromatic rings. The van der Waals surface area contributed by atoms with Crippen LogP contribution in [0.3, 0.4) is 0 Å². The fourth-order valence-electron chi connectivity index (χ4n) is 4.72. The summed E-state index contributed by atoms with van der Waals surface area (Å²) in [7, 11) is 1.47. The van der Waals surface area contributed by atoms with Crippen molar-refractivity contribution in [2.75, 3.05) is 18.6 Å². The number of carbonyl (C=O) groups excluding carboxylic acids is 5. The molecule has 2 aliphatic rings. The molecule has 11 nitrogen and oxygen atoms in total. The highest BCUT2D eigenvalue weighted by molar-refractivity contribution is 6.31. The second kappa shape index (κ2) is 12.2. The molecule has 12 heteroatoms. The van der Waals surface area contributed by atoms with E-state index < -0.39 is 29.6 Å². The molecule has 2 aliphatic heterocycles. The number of piperidine rings is 1. The predicted octanol–water partition coefficient (Wildman–Crippen LogP) is 3.72. The normalized spacial score (nSPS) is 16.5. The van der Waals surface area contributed by atoms with Gasteiger partial charge in [0.1, 0.15) is 17.4 Å². The van der Waals surface area contributed by atoms with Crippen molar-refractivity contribution in [3.8, 4) is 5.75 Å². The number of methoxy groups -OCH3 is 1. The number of nitrogens with zero attached hydrogens (tertiary/aromatic N) is 2. The lowest BCUT2D eigenvalue weighted by molar-refractivity contribution is -0.149. The zero-order valence-corrected chi connectivity index (χ0v) is 24.7. The van der Waals surface area contributed by atoms with Crippen molar-refractivity contribution < 1.29 is 33.4 Å². The number of esters is 1. The second-order valence-electron chi connectivity index (χ2n) is 11.1. The Morgan fingerprint density at radius 1 is 1.17 bits per heavy atom. The Balaban J connectivity index is 1.49. The standard InChI is InChI=1S/C30H33ClN4O7/c1-17(28(39)42-30(2,3)4)15-34(21-11-20(31)12-22(13-21)41-5)29(40)32-14-18-6-7-23-19(10-18)16-35(27(23)38)24-8-9-25(36)33-26(24)37/h6-7,10-13,24H,1,8-9,14-16H2,2-5H3,(H,32,40)(H,33,36,37). The first-order valence-corrected chi connectivity index (χ1v) is 13.7. The maximum atomic E-state index is 13.5. The Hall–Kier alpha value is -4.38. The lowest BCUT2D eigenvalue weighted by Crippen LogP contribution is -2.52. The molecule has 1 atom stereocenters. The van der Waals surface area contributed by atoms with Gasteiger partial charge >= 0.3 is 12.0 Å². The van der Waals surface area contributed by atoms with Crippen molar-refractivity contribution in [3.63, 3.8) is 0 Å². The predicted molar refractivity (Wildman–Crippen MR) is 155 cm³/mol. The second-order valence-corrected chi connectivity index (χ2v) is 11.5. The summed E-state index contributed by atoms with van der Waals surface area (Å²) < 4.78 is 10.7. The number of hydrogen-bond acceptors (Lipinski definition) is 7. The van der Waals surface area contributed by atoms with E-state index in [2.05, 4.69) is 17.2 Å². The monoisotopic (exact) mass is 596 g/mol. The minimum absolute atomic E-state index is 0.0589. The van der Waals surface area contributed by atoms with Crippen molar-refractivity contribution >= 4 is 47.0 Å². The zero-order valence-electron chi connectivity index (χ0n) is 23.9. The number of ether oxygens (including phenoxy) is 2. The Bertz CT molecular complexity index is 1470. The Morgan fingerprint density at radius 2 is 1.90 bits per heavy atom. The van der Waals surface area contributed by atoms with Crippen LogP contribution in [0.15, 0.2) is 48.6 Å². The van der Waals surface area contributed by atoms with E-state index in [1.54, 1.807) is 57.2 Å². The first kappa shape index (κ1) is 30.6. The molecule has 0 radical (unpaired) electrons. The summed E-state index contributed by atoms with van der Waals surface area (Å²) in [6.45, 7) is 9.17. The number of imide groups is 1. The van der Waals surface area contributed by atoms with Crippen LogP contribution in [-0.4, -0.2) is 59.9 Å². The highest BCUT2D eigenvalue weighted by Crippen LogP contribution is 2.30. The van der Waals surface area contributed by atoms with Gasteiger partial charge in [0, 0.05) is 41.7 Å². The van der Waals surface area contributed by atoms with Gasteiger partial charge in [-0.05, 0) is 56.5 Å². The van der Waals surface area contributed by atoms with Gasteiger partial charge in [0.25, 0.3) is 5.91 Å². The molecule has 5 amide bonds. The number of benzene rings is 2. The van der Waals surface area contributed by atoms with Gasteiger partial charge in [-0.3, -0.25) is 24.6 Å². The number of anilines is 1. The first-order valence-electron chi connectivity index (χ1n) is 13.3. The maximum absolute atomic E-state index is 13.5. The molecule has 0 spiro atoms. The summed E-state index contributed by atoms with van der Waals surface area (Å²) in [5.41, 5.74) is 1.59. The van der Waals surface area contributed by atoms with Crippen LogP contribution in [0.5, 0.6) is 5.75 Å². The van der Waals surface area contributed by atoms with Crippen LogP contribution in [0.2, 0.25) is 5.02 Å². The van der Waals surface area contributed by atoms with Gasteiger partial charge in [-0.15, -0.1) is 0 Å². The molecule has 1 unspecified atom stereocenters. The highest BCUT2D eigenvalue weighted by atomic mass is 35.5. The van der Waals surface area contributed by atoms with Gasteiger partial charge in [-0.1, -0.05) is 30.3 Å². The van der Waals surface area contributed by atoms with E-state index in [4.69, 9.17) is 21.1 Å². The topological polar surface area (TPSA) is 134 Å². The van der Waals surface area contributed by atoms with Crippen molar-refractivity contribution in [3.05, 3.63) is 70.3 Å². The number of urea groups is 1. The van der Waals surface area contributed by atoms with Gasteiger partial charge in [0.2, 0.25) is 11.8 Å². The third kappa shape index (κ3) is 7.09. The smallest absolute Gasteiger partial charge is 0.335 e. The molecular weight excluding hydrogens is 564 g/mol. The SMILES string of the molecule is C=C(CN(C(=O)NCc1ccc2c(c1)CN(C1CCC(=O)NC1=O)C2=O)c1cc(Cl)cc(OC)c1)C(=O)OC(C)(C)C. The van der Waals surface area contributed by atoms with E-state index in [-0.39, 0.29) is 49.9 Å². The van der Waals surface area contributed by atoms with Crippen LogP contribution >= 0.6 is 11.6 Å². The third-order valence-corrected chi connectivity index (χ3v) is 6.94. The highest BCUT2D eigenvalue weighted by Gasteiger charge is 2.39. The molecule has 2 N–H and O–H groups in total. The molecule has 1 fully saturated rings. The average Bonchev–Trinajstić information content (AvgIpc) is 3.24. The van der Waals surface area contributed by atoms with E-state index >= 15 is 0 Å². The van der Waals surface area contributed by atoms with Crippen LogP contribution < -0.4 is 20.3 Å². The average molecular weight is 597 g/mol. The lowest BCUT2D eigenvalue weighted by atomic mass is 10.0. The van der Waals surface area contributed by atoms with Gasteiger partial charge in [0.05, 0.1) is 19.3 Å². The summed E-state index contributed by atoms with van der Waals surface area (Å²) in [6, 6.07) is 8.69. The minimum Gasteiger partial charge on any atom is -0.497 e. The van der Waals surface area contributed by atoms with E-state index in [1.165, 1.54) is 16.9 Å². The van der Waals surface area contributed by atoms with Crippen LogP contribution in [0, 0.1) is 0 Å². The molecule has 0 aliphatic carbocycles. The van der Waals surface area contributed by atoms with Gasteiger partial charge in [-0.2, -0.15) is 0 Å². The number of hydrogen-bond donors (Lipinski definition) is 2. The largest absolute Gasteiger partial charge is 0.497 e. The summed E-state index contributed by atoms with van der Waals surface area (Å²) in [5.74, 6) is -1.33. The molecule has 4 rings (SSSR count). The van der Waals surface area contributed by atoms with Crippen molar-refractivity contribution in [1.29, 1.82) is 0 Å². The molecular formula is C30H33ClN4O7. The summed E-state index contributed by atoms with van der Waals surface area (Å²) >= 11 is 6.26. The lowest BCUT2D eigenvalue weighted by Gasteiger charge is -2.29. The minimum atomic E-state index is -0.741. The fourth-order valence-corrected chi connectivity index (χ4v) is 4.94. The van der Waals surface area contributed by atoms with Gasteiger partial charge in [0.15, 0.2) is 0 Å². The summed E-state index contributed by atoms with van der Waals surface area (Å²) in [5, 5.41) is 5.46. The van der Waals surface area contributed by atoms with Crippen LogP contribution in [-0.2, 0) is 32.2 Å². The zero-order chi connectivity index (χ0) is 30.8. The molecule has 2 aromatic carbocycles. The number of carbonyl (C=O) groups is 5. The van der Waals surface area contributed by atoms with E-state index in [0.717, 1.165) is 5.56 Å².